The molecule has 0 aliphatic rings. The van der Waals surface area contributed by atoms with Crippen molar-refractivity contribution in [3.05, 3.63) is 83.4 Å². The molecule has 3 aromatic carbocycles. The molecule has 0 aliphatic heterocycles. The van der Waals surface area contributed by atoms with Gasteiger partial charge in [0.05, 0.1) is 6.61 Å². The molecular weight excluding hydrogens is 368 g/mol. The second-order valence-corrected chi connectivity index (χ2v) is 6.08. The lowest BCUT2D eigenvalue weighted by molar-refractivity contribution is 0.314. The van der Waals surface area contributed by atoms with Crippen LogP contribution in [0.4, 0.5) is 17.6 Å². The molecule has 0 spiro atoms. The summed E-state index contributed by atoms with van der Waals surface area (Å²) in [5.74, 6) is -4.12. The van der Waals surface area contributed by atoms with Crippen LogP contribution < -0.4 is 4.74 Å². The van der Waals surface area contributed by atoms with Gasteiger partial charge < -0.3 is 4.74 Å². The van der Waals surface area contributed by atoms with Gasteiger partial charge in [0.2, 0.25) is 5.82 Å². The molecule has 0 saturated carbocycles. The fraction of sp³-hybridized carbons (Fsp3) is 0.130. The highest BCUT2D eigenvalue weighted by atomic mass is 19.2. The lowest BCUT2D eigenvalue weighted by Crippen LogP contribution is -1.98. The molecule has 0 unspecified atom stereocenters. The molecule has 5 heteroatoms. The van der Waals surface area contributed by atoms with E-state index < -0.39 is 23.3 Å². The predicted molar refractivity (Wildman–Crippen MR) is 103 cm³/mol. The lowest BCUT2D eigenvalue weighted by atomic mass is 9.98. The van der Waals surface area contributed by atoms with Crippen LogP contribution in [0, 0.1) is 23.3 Å². The molecule has 1 nitrogen and oxygen atoms in total. The average Bonchev–Trinajstić information content (AvgIpc) is 2.70. The van der Waals surface area contributed by atoms with Crippen molar-refractivity contribution in [3.8, 4) is 28.0 Å². The first-order valence-electron chi connectivity index (χ1n) is 8.80. The summed E-state index contributed by atoms with van der Waals surface area (Å²) in [6.07, 6.45) is 3.10. The van der Waals surface area contributed by atoms with Gasteiger partial charge in [-0.15, -0.1) is 0 Å². The third kappa shape index (κ3) is 3.65. The van der Waals surface area contributed by atoms with Crippen LogP contribution in [-0.4, -0.2) is 6.61 Å². The number of ether oxygens (including phenoxy) is 1. The van der Waals surface area contributed by atoms with E-state index >= 15 is 0 Å². The maximum Gasteiger partial charge on any atom is 0.201 e. The summed E-state index contributed by atoms with van der Waals surface area (Å²) >= 11 is 0. The largest absolute Gasteiger partial charge is 0.491 e. The maximum atomic E-state index is 14.4. The highest BCUT2D eigenvalue weighted by Crippen LogP contribution is 2.32. The van der Waals surface area contributed by atoms with Crippen molar-refractivity contribution in [2.75, 3.05) is 6.61 Å². The van der Waals surface area contributed by atoms with E-state index in [0.29, 0.717) is 11.1 Å². The number of allylic oxidation sites excluding steroid dienone is 1. The molecule has 28 heavy (non-hydrogen) atoms. The fourth-order valence-electron chi connectivity index (χ4n) is 2.95. The molecule has 3 aromatic rings. The minimum atomic E-state index is -1.06. The lowest BCUT2D eigenvalue weighted by Gasteiger charge is -2.11. The van der Waals surface area contributed by atoms with Gasteiger partial charge in [-0.1, -0.05) is 48.6 Å². The van der Waals surface area contributed by atoms with Gasteiger partial charge in [0.1, 0.15) is 0 Å². The summed E-state index contributed by atoms with van der Waals surface area (Å²) in [5.41, 5.74) is 1.15. The highest BCUT2D eigenvalue weighted by molar-refractivity contribution is 5.72. The second kappa shape index (κ2) is 8.30. The Bertz CT molecular complexity index is 1020. The van der Waals surface area contributed by atoms with Crippen molar-refractivity contribution in [3.63, 3.8) is 0 Å². The van der Waals surface area contributed by atoms with Crippen molar-refractivity contribution in [1.29, 1.82) is 0 Å². The van der Waals surface area contributed by atoms with Crippen LogP contribution in [0.1, 0.15) is 19.4 Å². The normalized spacial score (nSPS) is 11.2. The van der Waals surface area contributed by atoms with Gasteiger partial charge in [0, 0.05) is 16.7 Å². The summed E-state index contributed by atoms with van der Waals surface area (Å²) in [6, 6.07) is 11.9. The van der Waals surface area contributed by atoms with Gasteiger partial charge in [-0.2, -0.15) is 4.39 Å². The monoisotopic (exact) mass is 386 g/mol. The van der Waals surface area contributed by atoms with Gasteiger partial charge in [0.15, 0.2) is 23.2 Å². The van der Waals surface area contributed by atoms with Crippen LogP contribution >= 0.6 is 0 Å². The van der Waals surface area contributed by atoms with E-state index in [1.54, 1.807) is 19.9 Å². The smallest absolute Gasteiger partial charge is 0.201 e. The Morgan fingerprint density at radius 3 is 1.79 bits per heavy atom. The SMILES string of the molecule is C/C=C/c1ccc(-c2ccc(-c3ccc(OCC)c(F)c3F)cc2)c(F)c1F. The van der Waals surface area contributed by atoms with Gasteiger partial charge in [-0.25, -0.2) is 13.2 Å². The number of hydrogen-bond donors (Lipinski definition) is 0. The molecule has 0 bridgehead atoms. The zero-order valence-electron chi connectivity index (χ0n) is 15.4. The summed E-state index contributed by atoms with van der Waals surface area (Å²) in [6.45, 7) is 3.61. The number of halogens is 4. The van der Waals surface area contributed by atoms with Crippen LogP contribution in [0.25, 0.3) is 28.3 Å². The Kier molecular flexibility index (Phi) is 5.83. The molecule has 0 aromatic heterocycles. The quantitative estimate of drug-likeness (QED) is 0.429. The van der Waals surface area contributed by atoms with Crippen LogP contribution in [0.15, 0.2) is 54.6 Å². The zero-order chi connectivity index (χ0) is 20.3. The first-order chi connectivity index (χ1) is 13.5. The fourth-order valence-corrected chi connectivity index (χ4v) is 2.95. The summed E-state index contributed by atoms with van der Waals surface area (Å²) in [7, 11) is 0. The number of benzene rings is 3. The second-order valence-electron chi connectivity index (χ2n) is 6.08. The first kappa shape index (κ1) is 19.7. The zero-order valence-corrected chi connectivity index (χ0v) is 15.4. The molecule has 0 amide bonds. The van der Waals surface area contributed by atoms with Crippen molar-refractivity contribution in [2.45, 2.75) is 13.8 Å². The molecule has 144 valence electrons. The standard InChI is InChI=1S/C23H18F4O/c1-3-5-16-10-11-17(21(25)20(16)24)14-6-8-15(9-7-14)18-12-13-19(28-4-2)23(27)22(18)26/h3,5-13H,4H2,1-2H3/b5-3+. The Morgan fingerprint density at radius 2 is 1.25 bits per heavy atom. The molecular formula is C23H18F4O. The van der Waals surface area contributed by atoms with E-state index in [0.717, 1.165) is 0 Å². The van der Waals surface area contributed by atoms with Crippen LogP contribution in [-0.2, 0) is 0 Å². The molecule has 0 aliphatic carbocycles. The first-order valence-corrected chi connectivity index (χ1v) is 8.80. The topological polar surface area (TPSA) is 9.23 Å². The molecule has 0 fully saturated rings. The molecule has 0 saturated heterocycles. The van der Waals surface area contributed by atoms with Crippen LogP contribution in [0.2, 0.25) is 0 Å². The van der Waals surface area contributed by atoms with Crippen LogP contribution in [0.5, 0.6) is 5.75 Å². The van der Waals surface area contributed by atoms with Crippen molar-refractivity contribution in [2.24, 2.45) is 0 Å². The number of hydrogen-bond acceptors (Lipinski definition) is 1. The Hall–Kier alpha value is -3.08. The summed E-state index contributed by atoms with van der Waals surface area (Å²) in [5, 5.41) is 0. The minimum Gasteiger partial charge on any atom is -0.491 e. The van der Waals surface area contributed by atoms with Gasteiger partial charge >= 0.3 is 0 Å². The molecule has 0 radical (unpaired) electrons. The van der Waals surface area contributed by atoms with E-state index in [9.17, 15) is 17.6 Å². The van der Waals surface area contributed by atoms with Crippen molar-refractivity contribution >= 4 is 6.08 Å². The maximum absolute atomic E-state index is 14.4. The molecule has 0 atom stereocenters. The highest BCUT2D eigenvalue weighted by Gasteiger charge is 2.17. The summed E-state index contributed by atoms with van der Waals surface area (Å²) < 4.78 is 62.0. The average molecular weight is 386 g/mol. The Labute approximate surface area is 160 Å². The van der Waals surface area contributed by atoms with Crippen molar-refractivity contribution in [1.82, 2.24) is 0 Å². The van der Waals surface area contributed by atoms with E-state index in [1.807, 2.05) is 0 Å². The molecule has 0 heterocycles. The Morgan fingerprint density at radius 1 is 0.714 bits per heavy atom. The minimum absolute atomic E-state index is 0.0580. The van der Waals surface area contributed by atoms with Crippen LogP contribution in [0.3, 0.4) is 0 Å². The molecule has 3 rings (SSSR count). The van der Waals surface area contributed by atoms with Crippen molar-refractivity contribution < 1.29 is 22.3 Å². The van der Waals surface area contributed by atoms with Gasteiger partial charge in [0.25, 0.3) is 0 Å². The van der Waals surface area contributed by atoms with E-state index in [4.69, 9.17) is 4.74 Å². The van der Waals surface area contributed by atoms with E-state index in [-0.39, 0.29) is 29.0 Å². The van der Waals surface area contributed by atoms with Gasteiger partial charge in [-0.3, -0.25) is 0 Å². The Balaban J connectivity index is 1.97. The summed E-state index contributed by atoms with van der Waals surface area (Å²) in [4.78, 5) is 0. The predicted octanol–water partition coefficient (Wildman–Crippen LogP) is 7.01. The third-order valence-corrected chi connectivity index (χ3v) is 4.31. The van der Waals surface area contributed by atoms with Gasteiger partial charge in [-0.05, 0) is 37.1 Å². The third-order valence-electron chi connectivity index (χ3n) is 4.31. The van der Waals surface area contributed by atoms with E-state index in [2.05, 4.69) is 0 Å². The van der Waals surface area contributed by atoms with E-state index in [1.165, 1.54) is 54.6 Å². The molecule has 0 N–H and O–H groups in total. The number of rotatable bonds is 5.